The predicted octanol–water partition coefficient (Wildman–Crippen LogP) is 6.03. The number of halogens is 2. The molecular formula is C26H30Cl2N2O3. The van der Waals surface area contributed by atoms with Crippen molar-refractivity contribution in [1.82, 2.24) is 5.32 Å². The van der Waals surface area contributed by atoms with Crippen molar-refractivity contribution in [3.63, 3.8) is 0 Å². The van der Waals surface area contributed by atoms with Gasteiger partial charge in [-0.2, -0.15) is 0 Å². The summed E-state index contributed by atoms with van der Waals surface area (Å²) >= 11 is 12.1. The van der Waals surface area contributed by atoms with Crippen LogP contribution in [0.5, 0.6) is 0 Å². The number of hydrogen-bond donors (Lipinski definition) is 4. The summed E-state index contributed by atoms with van der Waals surface area (Å²) in [6.45, 7) is 3.01. The molecule has 3 rings (SSSR count). The van der Waals surface area contributed by atoms with E-state index in [2.05, 4.69) is 11.4 Å². The van der Waals surface area contributed by atoms with Crippen LogP contribution in [0, 0.1) is 5.92 Å². The van der Waals surface area contributed by atoms with Gasteiger partial charge in [-0.15, -0.1) is 0 Å². The summed E-state index contributed by atoms with van der Waals surface area (Å²) in [6, 6.07) is 17.4. The van der Waals surface area contributed by atoms with Gasteiger partial charge in [-0.05, 0) is 59.3 Å². The molecule has 0 aliphatic heterocycles. The number of aliphatic carboxylic acids is 1. The Kier molecular flexibility index (Phi) is 8.98. The number of carbonyl (C=O) groups is 1. The van der Waals surface area contributed by atoms with Crippen LogP contribution in [0.15, 0.2) is 54.6 Å². The number of fused-ring (bicyclic) bond motifs is 1. The number of nitrogens with two attached hydrogens (primary N) is 1. The number of nitrogens with one attached hydrogen (secondary N) is 1. The van der Waals surface area contributed by atoms with Gasteiger partial charge in [-0.25, -0.2) is 0 Å². The molecule has 0 saturated carbocycles. The van der Waals surface area contributed by atoms with Gasteiger partial charge < -0.3 is 21.3 Å². The van der Waals surface area contributed by atoms with Gasteiger partial charge >= 0.3 is 5.97 Å². The molecule has 0 fully saturated rings. The summed E-state index contributed by atoms with van der Waals surface area (Å²) in [6.07, 6.45) is 1.41. The minimum Gasteiger partial charge on any atom is -0.481 e. The number of rotatable bonds is 11. The monoisotopic (exact) mass is 488 g/mol. The van der Waals surface area contributed by atoms with Gasteiger partial charge in [0.2, 0.25) is 0 Å². The second-order valence-corrected chi connectivity index (χ2v) is 9.23. The van der Waals surface area contributed by atoms with Crippen molar-refractivity contribution in [2.24, 2.45) is 5.92 Å². The van der Waals surface area contributed by atoms with Gasteiger partial charge in [0.1, 0.15) is 0 Å². The minimum absolute atomic E-state index is 0.0941. The molecule has 0 aliphatic rings. The van der Waals surface area contributed by atoms with Crippen molar-refractivity contribution in [3.8, 4) is 0 Å². The zero-order valence-electron chi connectivity index (χ0n) is 18.6. The SMILES string of the molecule is CC(c1cccc2ccccc12)C(CCCCNCC(O)c1cc(Cl)c(N)c(Cl)c1)C(=O)O. The molecule has 0 saturated heterocycles. The molecule has 7 heteroatoms. The molecule has 3 aromatic rings. The number of carboxylic acid groups (broad SMARTS) is 1. The Morgan fingerprint density at radius 2 is 1.73 bits per heavy atom. The first kappa shape index (κ1) is 25.3. The maximum Gasteiger partial charge on any atom is 0.307 e. The van der Waals surface area contributed by atoms with Crippen molar-refractivity contribution in [2.75, 3.05) is 18.8 Å². The van der Waals surface area contributed by atoms with Gasteiger partial charge in [-0.3, -0.25) is 4.79 Å². The first-order valence-corrected chi connectivity index (χ1v) is 11.9. The molecule has 0 bridgehead atoms. The maximum atomic E-state index is 12.0. The lowest BCUT2D eigenvalue weighted by atomic mass is 9.82. The number of aliphatic hydroxyl groups is 1. The average Bonchev–Trinajstić information content (AvgIpc) is 2.80. The van der Waals surface area contributed by atoms with E-state index in [1.54, 1.807) is 12.1 Å². The van der Waals surface area contributed by atoms with Gasteiger partial charge in [0.15, 0.2) is 0 Å². The van der Waals surface area contributed by atoms with Crippen LogP contribution in [0.2, 0.25) is 10.0 Å². The van der Waals surface area contributed by atoms with Crippen LogP contribution in [-0.4, -0.2) is 29.3 Å². The van der Waals surface area contributed by atoms with Crippen LogP contribution in [-0.2, 0) is 4.79 Å². The number of aliphatic hydroxyl groups excluding tert-OH is 1. The zero-order chi connectivity index (χ0) is 24.0. The van der Waals surface area contributed by atoms with Gasteiger partial charge in [-0.1, -0.05) is 79.0 Å². The fraction of sp³-hybridized carbons (Fsp3) is 0.346. The van der Waals surface area contributed by atoms with E-state index in [1.807, 2.05) is 43.3 Å². The molecule has 0 heterocycles. The zero-order valence-corrected chi connectivity index (χ0v) is 20.1. The normalized spacial score (nSPS) is 14.2. The number of carboxylic acids is 1. The number of unbranched alkanes of at least 4 members (excludes halogenated alkanes) is 1. The van der Waals surface area contributed by atoms with Crippen molar-refractivity contribution in [3.05, 3.63) is 75.8 Å². The van der Waals surface area contributed by atoms with E-state index in [0.29, 0.717) is 40.8 Å². The lowest BCUT2D eigenvalue weighted by molar-refractivity contribution is -0.142. The van der Waals surface area contributed by atoms with E-state index in [4.69, 9.17) is 28.9 Å². The van der Waals surface area contributed by atoms with E-state index >= 15 is 0 Å². The van der Waals surface area contributed by atoms with Gasteiger partial charge in [0.05, 0.1) is 27.8 Å². The Balaban J connectivity index is 1.49. The Bertz CT molecular complexity index is 1080. The quantitative estimate of drug-likeness (QED) is 0.195. The van der Waals surface area contributed by atoms with Crippen molar-refractivity contribution in [2.45, 2.75) is 38.2 Å². The number of nitrogen functional groups attached to an aromatic ring is 1. The molecule has 0 aromatic heterocycles. The van der Waals surface area contributed by atoms with Gasteiger partial charge in [0, 0.05) is 6.54 Å². The highest BCUT2D eigenvalue weighted by atomic mass is 35.5. The lowest BCUT2D eigenvalue weighted by Crippen LogP contribution is -2.24. The molecule has 3 aromatic carbocycles. The molecule has 0 spiro atoms. The number of benzene rings is 3. The van der Waals surface area contributed by atoms with Crippen LogP contribution >= 0.6 is 23.2 Å². The highest BCUT2D eigenvalue weighted by Gasteiger charge is 2.26. The van der Waals surface area contributed by atoms with Gasteiger partial charge in [0.25, 0.3) is 0 Å². The molecule has 3 unspecified atom stereocenters. The van der Waals surface area contributed by atoms with Crippen LogP contribution in [0.3, 0.4) is 0 Å². The Morgan fingerprint density at radius 1 is 1.06 bits per heavy atom. The fourth-order valence-electron chi connectivity index (χ4n) is 4.22. The topological polar surface area (TPSA) is 95.6 Å². The summed E-state index contributed by atoms with van der Waals surface area (Å²) in [4.78, 5) is 12.0. The fourth-order valence-corrected chi connectivity index (χ4v) is 4.72. The third-order valence-corrected chi connectivity index (χ3v) is 6.80. The largest absolute Gasteiger partial charge is 0.481 e. The van der Waals surface area contributed by atoms with Crippen LogP contribution < -0.4 is 11.1 Å². The van der Waals surface area contributed by atoms with Crippen molar-refractivity contribution < 1.29 is 15.0 Å². The Morgan fingerprint density at radius 3 is 2.42 bits per heavy atom. The highest BCUT2D eigenvalue weighted by molar-refractivity contribution is 6.38. The predicted molar refractivity (Wildman–Crippen MR) is 136 cm³/mol. The summed E-state index contributed by atoms with van der Waals surface area (Å²) in [5.74, 6) is -1.32. The summed E-state index contributed by atoms with van der Waals surface area (Å²) in [5, 5.41) is 26.3. The molecule has 5 nitrogen and oxygen atoms in total. The molecule has 0 aliphatic carbocycles. The van der Waals surface area contributed by atoms with Crippen LogP contribution in [0.1, 0.15) is 49.3 Å². The van der Waals surface area contributed by atoms with Crippen LogP contribution in [0.4, 0.5) is 5.69 Å². The summed E-state index contributed by atoms with van der Waals surface area (Å²) in [7, 11) is 0. The van der Waals surface area contributed by atoms with Crippen molar-refractivity contribution >= 4 is 45.6 Å². The molecule has 33 heavy (non-hydrogen) atoms. The standard InChI is InChI=1S/C26H30Cl2N2O3/c1-16(19-11-6-8-17-7-2-3-10-21(17)19)20(26(32)33)9-4-5-12-30-15-24(31)18-13-22(27)25(29)23(28)14-18/h2-3,6-8,10-11,13-14,16,20,24,30-31H,4-5,9,12,15,29H2,1H3,(H,32,33). The van der Waals surface area contributed by atoms with E-state index in [0.717, 1.165) is 29.2 Å². The lowest BCUT2D eigenvalue weighted by Gasteiger charge is -2.22. The van der Waals surface area contributed by atoms with Crippen molar-refractivity contribution in [1.29, 1.82) is 0 Å². The maximum absolute atomic E-state index is 12.0. The van der Waals surface area contributed by atoms with Crippen LogP contribution in [0.25, 0.3) is 10.8 Å². The highest BCUT2D eigenvalue weighted by Crippen LogP contribution is 2.33. The van der Waals surface area contributed by atoms with E-state index in [-0.39, 0.29) is 5.92 Å². The first-order valence-electron chi connectivity index (χ1n) is 11.1. The Hall–Kier alpha value is -2.31. The molecule has 0 radical (unpaired) electrons. The first-order chi connectivity index (χ1) is 15.8. The molecule has 176 valence electrons. The number of anilines is 1. The second kappa shape index (κ2) is 11.7. The molecular weight excluding hydrogens is 459 g/mol. The Labute approximate surface area is 204 Å². The van der Waals surface area contributed by atoms with E-state index in [9.17, 15) is 15.0 Å². The number of hydrogen-bond acceptors (Lipinski definition) is 4. The third kappa shape index (κ3) is 6.39. The third-order valence-electron chi connectivity index (χ3n) is 6.18. The average molecular weight is 489 g/mol. The summed E-state index contributed by atoms with van der Waals surface area (Å²) < 4.78 is 0. The molecule has 3 atom stereocenters. The minimum atomic E-state index is -0.768. The molecule has 0 amide bonds. The summed E-state index contributed by atoms with van der Waals surface area (Å²) in [5.41, 5.74) is 7.70. The smallest absolute Gasteiger partial charge is 0.307 e. The van der Waals surface area contributed by atoms with E-state index < -0.39 is 18.0 Å². The second-order valence-electron chi connectivity index (χ2n) is 8.42. The molecule has 5 N–H and O–H groups in total. The van der Waals surface area contributed by atoms with E-state index in [1.165, 1.54) is 0 Å².